The van der Waals surface area contributed by atoms with Crippen LogP contribution >= 0.6 is 0 Å². The Bertz CT molecular complexity index is 836. The van der Waals surface area contributed by atoms with E-state index >= 15 is 0 Å². The molecule has 5 nitrogen and oxygen atoms in total. The minimum absolute atomic E-state index is 0.0538. The van der Waals surface area contributed by atoms with Crippen LogP contribution in [0.5, 0.6) is 0 Å². The van der Waals surface area contributed by atoms with Gasteiger partial charge in [-0.2, -0.15) is 0 Å². The molecule has 1 aliphatic rings. The maximum Gasteiger partial charge on any atom is 0.266 e. The largest absolute Gasteiger partial charge is 0.266 e. The Kier molecular flexibility index (Phi) is 3.56. The molecule has 0 spiro atoms. The van der Waals surface area contributed by atoms with Gasteiger partial charge in [0.25, 0.3) is 10.0 Å². The topological polar surface area (TPSA) is 72.0 Å². The van der Waals surface area contributed by atoms with Crippen LogP contribution in [-0.4, -0.2) is 18.4 Å². The van der Waals surface area contributed by atoms with E-state index in [9.17, 15) is 17.2 Å². The van der Waals surface area contributed by atoms with E-state index in [1.807, 2.05) is 0 Å². The number of aryl methyl sites for hydroxylation is 1. The standard InChI is InChI=1S/C14H13F2N3O2S/c1-8-17-12(9-2-3-9)7-14(18-8)19-22(20,21)13-6-10(15)4-5-11(13)16/h4-7,9H,2-3H2,1H3,(H,17,18,19). The minimum atomic E-state index is -4.26. The highest BCUT2D eigenvalue weighted by atomic mass is 32.2. The molecule has 1 aromatic heterocycles. The van der Waals surface area contributed by atoms with Gasteiger partial charge in [-0.25, -0.2) is 27.2 Å². The maximum atomic E-state index is 13.6. The predicted molar refractivity (Wildman–Crippen MR) is 75.9 cm³/mol. The third-order valence-corrected chi connectivity index (χ3v) is 4.64. The lowest BCUT2D eigenvalue weighted by Crippen LogP contribution is -2.16. The summed E-state index contributed by atoms with van der Waals surface area (Å²) < 4.78 is 53.4. The average molecular weight is 325 g/mol. The Morgan fingerprint density at radius 1 is 1.18 bits per heavy atom. The third-order valence-electron chi connectivity index (χ3n) is 3.28. The molecule has 1 aromatic carbocycles. The van der Waals surface area contributed by atoms with E-state index in [4.69, 9.17) is 0 Å². The van der Waals surface area contributed by atoms with Gasteiger partial charge in [-0.3, -0.25) is 4.72 Å². The van der Waals surface area contributed by atoms with Gasteiger partial charge in [-0.15, -0.1) is 0 Å². The van der Waals surface area contributed by atoms with Crippen LogP contribution in [0, 0.1) is 18.6 Å². The van der Waals surface area contributed by atoms with E-state index in [1.165, 1.54) is 6.07 Å². The monoisotopic (exact) mass is 325 g/mol. The number of halogens is 2. The molecule has 1 saturated carbocycles. The number of hydrogen-bond acceptors (Lipinski definition) is 4. The van der Waals surface area contributed by atoms with Crippen molar-refractivity contribution in [1.82, 2.24) is 9.97 Å². The molecule has 0 amide bonds. The fourth-order valence-electron chi connectivity index (χ4n) is 2.11. The minimum Gasteiger partial charge on any atom is -0.263 e. The van der Waals surface area contributed by atoms with Crippen LogP contribution in [0.4, 0.5) is 14.6 Å². The van der Waals surface area contributed by atoms with Crippen LogP contribution in [0.25, 0.3) is 0 Å². The lowest BCUT2D eigenvalue weighted by molar-refractivity contribution is 0.555. The second kappa shape index (κ2) is 5.28. The molecule has 2 aromatic rings. The SMILES string of the molecule is Cc1nc(NS(=O)(=O)c2cc(F)ccc2F)cc(C2CC2)n1. The van der Waals surface area contributed by atoms with Gasteiger partial charge in [0, 0.05) is 17.7 Å². The number of hydrogen-bond donors (Lipinski definition) is 1. The Labute approximate surface area is 126 Å². The van der Waals surface area contributed by atoms with E-state index in [1.54, 1.807) is 6.92 Å². The molecule has 0 aliphatic heterocycles. The first kappa shape index (κ1) is 14.8. The van der Waals surface area contributed by atoms with E-state index in [-0.39, 0.29) is 5.82 Å². The number of anilines is 1. The average Bonchev–Trinajstić information content (AvgIpc) is 3.24. The number of nitrogens with zero attached hydrogens (tertiary/aromatic N) is 2. The molecule has 0 bridgehead atoms. The van der Waals surface area contributed by atoms with Crippen molar-refractivity contribution >= 4 is 15.8 Å². The Hall–Kier alpha value is -2.09. The molecule has 1 fully saturated rings. The molecule has 8 heteroatoms. The number of aromatic nitrogens is 2. The summed E-state index contributed by atoms with van der Waals surface area (Å²) in [4.78, 5) is 7.49. The van der Waals surface area contributed by atoms with Gasteiger partial charge in [0.2, 0.25) is 0 Å². The molecule has 0 unspecified atom stereocenters. The molecule has 116 valence electrons. The van der Waals surface area contributed by atoms with Crippen molar-refractivity contribution in [2.45, 2.75) is 30.6 Å². The van der Waals surface area contributed by atoms with Gasteiger partial charge in [0.15, 0.2) is 0 Å². The summed E-state index contributed by atoms with van der Waals surface area (Å²) in [7, 11) is -4.26. The van der Waals surface area contributed by atoms with Crippen molar-refractivity contribution < 1.29 is 17.2 Å². The van der Waals surface area contributed by atoms with Crippen LogP contribution in [0.2, 0.25) is 0 Å². The molecular weight excluding hydrogens is 312 g/mol. The van der Waals surface area contributed by atoms with Crippen LogP contribution in [0.15, 0.2) is 29.2 Å². The van der Waals surface area contributed by atoms with Gasteiger partial charge in [0.05, 0.1) is 0 Å². The summed E-state index contributed by atoms with van der Waals surface area (Å²) in [5.74, 6) is -1.07. The number of sulfonamides is 1. The summed E-state index contributed by atoms with van der Waals surface area (Å²) in [6, 6.07) is 3.78. The summed E-state index contributed by atoms with van der Waals surface area (Å²) >= 11 is 0. The molecular formula is C14H13F2N3O2S. The molecule has 22 heavy (non-hydrogen) atoms. The number of benzene rings is 1. The van der Waals surface area contributed by atoms with Crippen LogP contribution in [0.1, 0.15) is 30.3 Å². The van der Waals surface area contributed by atoms with E-state index in [0.29, 0.717) is 17.8 Å². The fraction of sp³-hybridized carbons (Fsp3) is 0.286. The quantitative estimate of drug-likeness (QED) is 0.938. The number of nitrogens with one attached hydrogen (secondary N) is 1. The zero-order valence-electron chi connectivity index (χ0n) is 11.7. The molecule has 0 atom stereocenters. The van der Waals surface area contributed by atoms with E-state index < -0.39 is 26.6 Å². The highest BCUT2D eigenvalue weighted by molar-refractivity contribution is 7.92. The Balaban J connectivity index is 1.96. The van der Waals surface area contributed by atoms with Crippen molar-refractivity contribution in [3.05, 3.63) is 47.4 Å². The Morgan fingerprint density at radius 3 is 2.59 bits per heavy atom. The molecule has 0 saturated heterocycles. The van der Waals surface area contributed by atoms with Crippen LogP contribution in [0.3, 0.4) is 0 Å². The Morgan fingerprint density at radius 2 is 1.91 bits per heavy atom. The summed E-state index contributed by atoms with van der Waals surface area (Å²) in [5, 5.41) is 0. The summed E-state index contributed by atoms with van der Waals surface area (Å²) in [5.41, 5.74) is 0.755. The first-order valence-electron chi connectivity index (χ1n) is 6.68. The molecule has 1 aliphatic carbocycles. The lowest BCUT2D eigenvalue weighted by atomic mass is 10.3. The van der Waals surface area contributed by atoms with Gasteiger partial charge in [0.1, 0.15) is 28.2 Å². The highest BCUT2D eigenvalue weighted by Crippen LogP contribution is 2.39. The van der Waals surface area contributed by atoms with Crippen LogP contribution in [-0.2, 0) is 10.0 Å². The smallest absolute Gasteiger partial charge is 0.263 e. The molecule has 1 heterocycles. The molecule has 0 radical (unpaired) electrons. The van der Waals surface area contributed by atoms with Crippen LogP contribution < -0.4 is 4.72 Å². The summed E-state index contributed by atoms with van der Waals surface area (Å²) in [6.45, 7) is 1.65. The first-order chi connectivity index (χ1) is 10.3. The van der Waals surface area contributed by atoms with Gasteiger partial charge in [-0.1, -0.05) is 0 Å². The maximum absolute atomic E-state index is 13.6. The normalized spacial score (nSPS) is 14.9. The zero-order valence-corrected chi connectivity index (χ0v) is 12.5. The molecule has 3 rings (SSSR count). The second-order valence-electron chi connectivity index (χ2n) is 5.18. The fourth-order valence-corrected chi connectivity index (χ4v) is 3.19. The van der Waals surface area contributed by atoms with Gasteiger partial charge < -0.3 is 0 Å². The van der Waals surface area contributed by atoms with Crippen molar-refractivity contribution in [2.24, 2.45) is 0 Å². The second-order valence-corrected chi connectivity index (χ2v) is 6.83. The van der Waals surface area contributed by atoms with Gasteiger partial charge >= 0.3 is 0 Å². The third kappa shape index (κ3) is 3.06. The van der Waals surface area contributed by atoms with Gasteiger partial charge in [-0.05, 0) is 38.0 Å². The summed E-state index contributed by atoms with van der Waals surface area (Å²) in [6.07, 6.45) is 2.00. The highest BCUT2D eigenvalue weighted by Gasteiger charge is 2.27. The van der Waals surface area contributed by atoms with E-state index in [0.717, 1.165) is 30.7 Å². The lowest BCUT2D eigenvalue weighted by Gasteiger charge is -2.10. The first-order valence-corrected chi connectivity index (χ1v) is 8.17. The number of rotatable bonds is 4. The predicted octanol–water partition coefficient (Wildman–Crippen LogP) is 2.74. The van der Waals surface area contributed by atoms with Crippen molar-refractivity contribution in [1.29, 1.82) is 0 Å². The molecule has 1 N–H and O–H groups in total. The van der Waals surface area contributed by atoms with E-state index in [2.05, 4.69) is 14.7 Å². The zero-order chi connectivity index (χ0) is 15.9. The van der Waals surface area contributed by atoms with Crippen molar-refractivity contribution in [3.63, 3.8) is 0 Å². The van der Waals surface area contributed by atoms with Crippen molar-refractivity contribution in [3.8, 4) is 0 Å². The van der Waals surface area contributed by atoms with Crippen molar-refractivity contribution in [2.75, 3.05) is 4.72 Å².